The zero-order valence-corrected chi connectivity index (χ0v) is 7.96. The normalized spacial score (nSPS) is 25.6. The van der Waals surface area contributed by atoms with E-state index in [9.17, 15) is 0 Å². The van der Waals surface area contributed by atoms with E-state index in [-0.39, 0.29) is 0 Å². The molecule has 0 radical (unpaired) electrons. The Hall–Kier alpha value is -0.610. The van der Waals surface area contributed by atoms with Crippen LogP contribution in [-0.4, -0.2) is 27.9 Å². The van der Waals surface area contributed by atoms with Gasteiger partial charge < -0.3 is 5.32 Å². The molecule has 0 amide bonds. The van der Waals surface area contributed by atoms with Crippen LogP contribution in [0.4, 0.5) is 0 Å². The summed E-state index contributed by atoms with van der Waals surface area (Å²) in [7, 11) is 0. The average molecular weight is 199 g/mol. The van der Waals surface area contributed by atoms with Crippen molar-refractivity contribution in [2.24, 2.45) is 5.41 Å². The Bertz CT molecular complexity index is 323. The van der Waals surface area contributed by atoms with Crippen molar-refractivity contribution in [3.63, 3.8) is 0 Å². The first kappa shape index (κ1) is 7.76. The summed E-state index contributed by atoms with van der Waals surface area (Å²) in [5.41, 5.74) is 0.586. The third-order valence-electron chi connectivity index (χ3n) is 3.19. The molecule has 0 atom stereocenters. The number of halogens is 1. The Morgan fingerprint density at radius 3 is 2.77 bits per heavy atom. The summed E-state index contributed by atoms with van der Waals surface area (Å²) in [6, 6.07) is 0.530. The van der Waals surface area contributed by atoms with Crippen molar-refractivity contribution in [2.75, 3.05) is 13.1 Å². The molecular formula is C8H11ClN4. The molecule has 0 aromatic carbocycles. The van der Waals surface area contributed by atoms with E-state index in [0.717, 1.165) is 0 Å². The monoisotopic (exact) mass is 198 g/mol. The lowest BCUT2D eigenvalue weighted by molar-refractivity contribution is 0.00223. The van der Waals surface area contributed by atoms with Crippen LogP contribution in [0.25, 0.3) is 0 Å². The molecular weight excluding hydrogens is 188 g/mol. The molecule has 1 N–H and O–H groups in total. The largest absolute Gasteiger partial charge is 0.316 e. The molecule has 1 aliphatic heterocycles. The number of nitrogens with zero attached hydrogens (tertiary/aromatic N) is 3. The molecule has 2 fully saturated rings. The molecule has 70 valence electrons. The number of hydrogen-bond acceptors (Lipinski definition) is 3. The van der Waals surface area contributed by atoms with Crippen molar-refractivity contribution < 1.29 is 0 Å². The van der Waals surface area contributed by atoms with E-state index < -0.39 is 0 Å². The summed E-state index contributed by atoms with van der Waals surface area (Å²) in [6.45, 7) is 2.35. The molecule has 0 bridgehead atoms. The molecule has 2 aliphatic rings. The van der Waals surface area contributed by atoms with Crippen LogP contribution in [0.3, 0.4) is 0 Å². The van der Waals surface area contributed by atoms with Gasteiger partial charge in [-0.2, -0.15) is 0 Å². The van der Waals surface area contributed by atoms with Gasteiger partial charge in [-0.25, -0.2) is 9.67 Å². The van der Waals surface area contributed by atoms with Crippen LogP contribution in [0.2, 0.25) is 5.28 Å². The fraction of sp³-hybridized carbons (Fsp3) is 0.750. The van der Waals surface area contributed by atoms with Gasteiger partial charge in [0.25, 0.3) is 0 Å². The molecule has 1 aromatic heterocycles. The topological polar surface area (TPSA) is 42.7 Å². The average Bonchev–Trinajstić information content (AvgIpc) is 2.29. The Kier molecular flexibility index (Phi) is 1.46. The molecule has 1 aromatic rings. The highest BCUT2D eigenvalue weighted by Crippen LogP contribution is 2.50. The highest BCUT2D eigenvalue weighted by molar-refractivity contribution is 6.28. The van der Waals surface area contributed by atoms with Gasteiger partial charge in [0.1, 0.15) is 6.33 Å². The third kappa shape index (κ3) is 1.09. The van der Waals surface area contributed by atoms with E-state index in [1.54, 1.807) is 6.33 Å². The molecule has 1 saturated heterocycles. The Morgan fingerprint density at radius 2 is 2.31 bits per heavy atom. The summed E-state index contributed by atoms with van der Waals surface area (Å²) < 4.78 is 1.89. The fourth-order valence-corrected chi connectivity index (χ4v) is 2.45. The molecule has 1 spiro atoms. The van der Waals surface area contributed by atoms with E-state index >= 15 is 0 Å². The first-order valence-corrected chi connectivity index (χ1v) is 4.93. The summed E-state index contributed by atoms with van der Waals surface area (Å²) in [5.74, 6) is 0. The van der Waals surface area contributed by atoms with Crippen LogP contribution in [0.15, 0.2) is 6.33 Å². The fourth-order valence-electron chi connectivity index (χ4n) is 2.32. The maximum absolute atomic E-state index is 5.65. The molecule has 5 heteroatoms. The lowest BCUT2D eigenvalue weighted by atomic mass is 9.62. The van der Waals surface area contributed by atoms with Gasteiger partial charge in [0.15, 0.2) is 0 Å². The Labute approximate surface area is 81.3 Å². The van der Waals surface area contributed by atoms with Gasteiger partial charge in [-0.15, -0.1) is 5.10 Å². The maximum atomic E-state index is 5.65. The van der Waals surface area contributed by atoms with Gasteiger partial charge in [0.05, 0.1) is 6.04 Å². The smallest absolute Gasteiger partial charge is 0.242 e. The summed E-state index contributed by atoms with van der Waals surface area (Å²) >= 11 is 5.65. The summed E-state index contributed by atoms with van der Waals surface area (Å²) in [4.78, 5) is 3.91. The van der Waals surface area contributed by atoms with Crippen LogP contribution in [0, 0.1) is 5.41 Å². The van der Waals surface area contributed by atoms with Crippen molar-refractivity contribution in [3.05, 3.63) is 11.6 Å². The summed E-state index contributed by atoms with van der Waals surface area (Å²) in [6.07, 6.45) is 4.17. The van der Waals surface area contributed by atoms with Crippen molar-refractivity contribution in [2.45, 2.75) is 18.9 Å². The van der Waals surface area contributed by atoms with E-state index in [1.165, 1.54) is 25.9 Å². The predicted octanol–water partition coefficient (Wildman–Crippen LogP) is 0.856. The first-order chi connectivity index (χ1) is 6.27. The number of nitrogens with one attached hydrogen (secondary N) is 1. The number of aromatic nitrogens is 3. The minimum atomic E-state index is 0.354. The van der Waals surface area contributed by atoms with Crippen molar-refractivity contribution in [1.29, 1.82) is 0 Å². The van der Waals surface area contributed by atoms with Crippen LogP contribution in [-0.2, 0) is 0 Å². The second kappa shape index (κ2) is 2.45. The zero-order chi connectivity index (χ0) is 8.89. The van der Waals surface area contributed by atoms with E-state index in [2.05, 4.69) is 15.4 Å². The molecule has 3 rings (SSSR count). The van der Waals surface area contributed by atoms with Crippen molar-refractivity contribution in [3.8, 4) is 0 Å². The Balaban J connectivity index is 1.70. The van der Waals surface area contributed by atoms with Gasteiger partial charge in [-0.05, 0) is 29.9 Å². The zero-order valence-electron chi connectivity index (χ0n) is 7.20. The minimum absolute atomic E-state index is 0.354. The lowest BCUT2D eigenvalue weighted by Gasteiger charge is -2.54. The standard InChI is InChI=1S/C8H11ClN4/c9-7-11-5-13(12-7)6-1-8(2-6)3-10-4-8/h5-6,10H,1-4H2. The van der Waals surface area contributed by atoms with Crippen LogP contribution in [0.1, 0.15) is 18.9 Å². The van der Waals surface area contributed by atoms with E-state index in [4.69, 9.17) is 11.6 Å². The number of hydrogen-bond donors (Lipinski definition) is 1. The predicted molar refractivity (Wildman–Crippen MR) is 48.6 cm³/mol. The van der Waals surface area contributed by atoms with Gasteiger partial charge >= 0.3 is 0 Å². The molecule has 0 unspecified atom stereocenters. The quantitative estimate of drug-likeness (QED) is 0.728. The summed E-state index contributed by atoms with van der Waals surface area (Å²) in [5, 5.41) is 7.77. The molecule has 4 nitrogen and oxygen atoms in total. The van der Waals surface area contributed by atoms with Gasteiger partial charge in [-0.3, -0.25) is 0 Å². The second-order valence-electron chi connectivity index (χ2n) is 4.16. The molecule has 2 heterocycles. The SMILES string of the molecule is Clc1ncn(C2CC3(CNC3)C2)n1. The lowest BCUT2D eigenvalue weighted by Crippen LogP contribution is -2.60. The third-order valence-corrected chi connectivity index (χ3v) is 3.37. The van der Waals surface area contributed by atoms with Gasteiger partial charge in [0, 0.05) is 13.1 Å². The van der Waals surface area contributed by atoms with Gasteiger partial charge in [0.2, 0.25) is 5.28 Å². The minimum Gasteiger partial charge on any atom is -0.316 e. The highest BCUT2D eigenvalue weighted by atomic mass is 35.5. The van der Waals surface area contributed by atoms with E-state index in [1.807, 2.05) is 4.68 Å². The molecule has 1 saturated carbocycles. The van der Waals surface area contributed by atoms with Crippen molar-refractivity contribution >= 4 is 11.6 Å². The molecule has 1 aliphatic carbocycles. The second-order valence-corrected chi connectivity index (χ2v) is 4.50. The number of rotatable bonds is 1. The first-order valence-electron chi connectivity index (χ1n) is 4.55. The van der Waals surface area contributed by atoms with E-state index in [0.29, 0.717) is 16.7 Å². The van der Waals surface area contributed by atoms with Crippen molar-refractivity contribution in [1.82, 2.24) is 20.1 Å². The van der Waals surface area contributed by atoms with Crippen LogP contribution in [0.5, 0.6) is 0 Å². The van der Waals surface area contributed by atoms with Crippen LogP contribution >= 0.6 is 11.6 Å². The maximum Gasteiger partial charge on any atom is 0.242 e. The van der Waals surface area contributed by atoms with Crippen LogP contribution < -0.4 is 5.32 Å². The molecule has 13 heavy (non-hydrogen) atoms. The highest BCUT2D eigenvalue weighted by Gasteiger charge is 2.49. The Morgan fingerprint density at radius 1 is 1.54 bits per heavy atom. The van der Waals surface area contributed by atoms with Gasteiger partial charge in [-0.1, -0.05) is 0 Å².